The van der Waals surface area contributed by atoms with Gasteiger partial charge in [-0.2, -0.15) is 0 Å². The van der Waals surface area contributed by atoms with Crippen molar-refractivity contribution >= 4 is 11.9 Å². The molecular formula is C15H24O4. The summed E-state index contributed by atoms with van der Waals surface area (Å²) >= 11 is 0. The van der Waals surface area contributed by atoms with Gasteiger partial charge in [0.2, 0.25) is 0 Å². The van der Waals surface area contributed by atoms with Crippen LogP contribution < -0.4 is 0 Å². The van der Waals surface area contributed by atoms with Gasteiger partial charge in [-0.05, 0) is 12.8 Å². The van der Waals surface area contributed by atoms with Crippen molar-refractivity contribution in [3.63, 3.8) is 0 Å². The SMILES string of the molecule is C=CCOC(=O)C(CCC)(CCC)C(=O)OCC=C. The van der Waals surface area contributed by atoms with Crippen LogP contribution in [-0.2, 0) is 19.1 Å². The highest BCUT2D eigenvalue weighted by atomic mass is 16.6. The van der Waals surface area contributed by atoms with Crippen molar-refractivity contribution < 1.29 is 19.1 Å². The maximum atomic E-state index is 12.2. The number of hydrogen-bond donors (Lipinski definition) is 0. The van der Waals surface area contributed by atoms with E-state index in [-0.39, 0.29) is 13.2 Å². The molecule has 0 amide bonds. The van der Waals surface area contributed by atoms with Gasteiger partial charge in [0, 0.05) is 0 Å². The maximum Gasteiger partial charge on any atom is 0.323 e. The monoisotopic (exact) mass is 268 g/mol. The Bertz CT molecular complexity index is 288. The lowest BCUT2D eigenvalue weighted by Crippen LogP contribution is -2.42. The first-order valence-corrected chi connectivity index (χ1v) is 6.65. The Hall–Kier alpha value is -1.58. The van der Waals surface area contributed by atoms with Crippen molar-refractivity contribution in [1.82, 2.24) is 0 Å². The van der Waals surface area contributed by atoms with Crippen molar-refractivity contribution in [2.45, 2.75) is 39.5 Å². The van der Waals surface area contributed by atoms with Gasteiger partial charge in [-0.25, -0.2) is 0 Å². The molecule has 0 saturated heterocycles. The maximum absolute atomic E-state index is 12.2. The first-order valence-electron chi connectivity index (χ1n) is 6.65. The van der Waals surface area contributed by atoms with E-state index in [4.69, 9.17) is 9.47 Å². The van der Waals surface area contributed by atoms with E-state index in [0.717, 1.165) is 0 Å². The molecule has 4 heteroatoms. The van der Waals surface area contributed by atoms with Gasteiger partial charge in [-0.1, -0.05) is 52.0 Å². The quantitative estimate of drug-likeness (QED) is 0.347. The van der Waals surface area contributed by atoms with Crippen LogP contribution in [0.5, 0.6) is 0 Å². The third-order valence-electron chi connectivity index (χ3n) is 2.80. The van der Waals surface area contributed by atoms with Crippen LogP contribution >= 0.6 is 0 Å². The molecule has 0 aromatic heterocycles. The number of hydrogen-bond acceptors (Lipinski definition) is 4. The Balaban J connectivity index is 5.13. The van der Waals surface area contributed by atoms with Gasteiger partial charge < -0.3 is 9.47 Å². The number of esters is 2. The van der Waals surface area contributed by atoms with Crippen molar-refractivity contribution in [1.29, 1.82) is 0 Å². The molecule has 0 aliphatic heterocycles. The van der Waals surface area contributed by atoms with E-state index >= 15 is 0 Å². The summed E-state index contributed by atoms with van der Waals surface area (Å²) in [5, 5.41) is 0. The van der Waals surface area contributed by atoms with Crippen LogP contribution in [0.4, 0.5) is 0 Å². The van der Waals surface area contributed by atoms with Gasteiger partial charge in [0.25, 0.3) is 0 Å². The molecule has 0 spiro atoms. The van der Waals surface area contributed by atoms with Gasteiger partial charge in [0.05, 0.1) is 0 Å². The summed E-state index contributed by atoms with van der Waals surface area (Å²) in [6, 6.07) is 0. The molecule has 0 atom stereocenters. The topological polar surface area (TPSA) is 52.6 Å². The highest BCUT2D eigenvalue weighted by molar-refractivity contribution is 6.00. The first kappa shape index (κ1) is 17.4. The second-order valence-corrected chi connectivity index (χ2v) is 4.36. The van der Waals surface area contributed by atoms with Crippen LogP contribution in [0, 0.1) is 5.41 Å². The first-order chi connectivity index (χ1) is 9.08. The average Bonchev–Trinajstić information content (AvgIpc) is 2.41. The van der Waals surface area contributed by atoms with Crippen molar-refractivity contribution in [3.8, 4) is 0 Å². The summed E-state index contributed by atoms with van der Waals surface area (Å²) in [5.74, 6) is -1.05. The molecule has 0 aliphatic carbocycles. The molecule has 0 radical (unpaired) electrons. The van der Waals surface area contributed by atoms with Gasteiger partial charge in [0.1, 0.15) is 13.2 Å². The summed E-state index contributed by atoms with van der Waals surface area (Å²) in [4.78, 5) is 24.4. The molecule has 0 unspecified atom stereocenters. The Labute approximate surface area is 115 Å². The molecule has 19 heavy (non-hydrogen) atoms. The van der Waals surface area contributed by atoms with E-state index in [1.165, 1.54) is 12.2 Å². The van der Waals surface area contributed by atoms with E-state index in [9.17, 15) is 9.59 Å². The van der Waals surface area contributed by atoms with Crippen LogP contribution in [0.15, 0.2) is 25.3 Å². The molecule has 4 nitrogen and oxygen atoms in total. The Morgan fingerprint density at radius 3 is 1.58 bits per heavy atom. The zero-order valence-corrected chi connectivity index (χ0v) is 11.9. The fourth-order valence-corrected chi connectivity index (χ4v) is 2.02. The molecule has 0 saturated carbocycles. The molecule has 0 rings (SSSR count). The molecule has 0 aromatic rings. The molecule has 0 aliphatic rings. The fourth-order valence-electron chi connectivity index (χ4n) is 2.02. The van der Waals surface area contributed by atoms with Crippen LogP contribution in [0.1, 0.15) is 39.5 Å². The zero-order valence-electron chi connectivity index (χ0n) is 11.9. The van der Waals surface area contributed by atoms with Gasteiger partial charge in [0.15, 0.2) is 5.41 Å². The number of carbonyl (C=O) groups excluding carboxylic acids is 2. The lowest BCUT2D eigenvalue weighted by atomic mass is 9.79. The minimum absolute atomic E-state index is 0.1000. The number of carbonyl (C=O) groups is 2. The summed E-state index contributed by atoms with van der Waals surface area (Å²) in [6.07, 6.45) is 5.21. The minimum Gasteiger partial charge on any atom is -0.461 e. The van der Waals surface area contributed by atoms with Gasteiger partial charge in [-0.3, -0.25) is 9.59 Å². The predicted octanol–water partition coefficient (Wildman–Crippen LogP) is 3.03. The normalized spacial score (nSPS) is 10.6. The molecule has 0 aromatic carbocycles. The van der Waals surface area contributed by atoms with Gasteiger partial charge in [-0.15, -0.1) is 0 Å². The summed E-state index contributed by atoms with van der Waals surface area (Å²) < 4.78 is 10.2. The second-order valence-electron chi connectivity index (χ2n) is 4.36. The van der Waals surface area contributed by atoms with Crippen LogP contribution in [0.3, 0.4) is 0 Å². The number of rotatable bonds is 10. The summed E-state index contributed by atoms with van der Waals surface area (Å²) in [7, 11) is 0. The smallest absolute Gasteiger partial charge is 0.323 e. The summed E-state index contributed by atoms with van der Waals surface area (Å²) in [5.41, 5.74) is -1.20. The summed E-state index contributed by atoms with van der Waals surface area (Å²) in [6.45, 7) is 11.0. The standard InChI is InChI=1S/C15H24O4/c1-5-9-15(10-6-2,13(16)18-11-7-3)14(17)19-12-8-4/h7-8H,3-6,9-12H2,1-2H3. The Morgan fingerprint density at radius 2 is 1.32 bits per heavy atom. The van der Waals surface area contributed by atoms with E-state index in [2.05, 4.69) is 13.2 Å². The lowest BCUT2D eigenvalue weighted by molar-refractivity contribution is -0.172. The molecule has 108 valence electrons. The molecule has 0 N–H and O–H groups in total. The lowest BCUT2D eigenvalue weighted by Gasteiger charge is -2.28. The predicted molar refractivity (Wildman–Crippen MR) is 74.6 cm³/mol. The van der Waals surface area contributed by atoms with Crippen molar-refractivity contribution in [2.75, 3.05) is 13.2 Å². The van der Waals surface area contributed by atoms with Crippen molar-refractivity contribution in [2.24, 2.45) is 5.41 Å². The van der Waals surface area contributed by atoms with E-state index in [1.54, 1.807) is 0 Å². The van der Waals surface area contributed by atoms with E-state index in [0.29, 0.717) is 25.7 Å². The Morgan fingerprint density at radius 1 is 0.947 bits per heavy atom. The van der Waals surface area contributed by atoms with E-state index in [1.807, 2.05) is 13.8 Å². The largest absolute Gasteiger partial charge is 0.461 e. The van der Waals surface area contributed by atoms with Crippen LogP contribution in [-0.4, -0.2) is 25.2 Å². The second kappa shape index (κ2) is 9.36. The third-order valence-corrected chi connectivity index (χ3v) is 2.80. The Kier molecular flexibility index (Phi) is 8.58. The number of ether oxygens (including phenoxy) is 2. The molecule has 0 bridgehead atoms. The zero-order chi connectivity index (χ0) is 14.7. The highest BCUT2D eigenvalue weighted by Gasteiger charge is 2.47. The average molecular weight is 268 g/mol. The molecular weight excluding hydrogens is 244 g/mol. The molecule has 0 fully saturated rings. The van der Waals surface area contributed by atoms with E-state index < -0.39 is 17.4 Å². The highest BCUT2D eigenvalue weighted by Crippen LogP contribution is 2.33. The van der Waals surface area contributed by atoms with Crippen molar-refractivity contribution in [3.05, 3.63) is 25.3 Å². The van der Waals surface area contributed by atoms with Crippen LogP contribution in [0.25, 0.3) is 0 Å². The van der Waals surface area contributed by atoms with Gasteiger partial charge >= 0.3 is 11.9 Å². The molecule has 0 heterocycles. The van der Waals surface area contributed by atoms with Crippen LogP contribution in [0.2, 0.25) is 0 Å². The minimum atomic E-state index is -1.20. The third kappa shape index (κ3) is 4.89. The fraction of sp³-hybridized carbons (Fsp3) is 0.600.